The molecule has 0 bridgehead atoms. The molecule has 0 radical (unpaired) electrons. The number of nitrogens with one attached hydrogen (secondary N) is 1. The van der Waals surface area contributed by atoms with Crippen LogP contribution < -0.4 is 11.1 Å². The molecule has 104 valence electrons. The number of aliphatic hydroxyl groups is 1. The van der Waals surface area contributed by atoms with E-state index in [1.54, 1.807) is 0 Å². The molecule has 0 aliphatic heterocycles. The molecule has 4 nitrogen and oxygen atoms in total. The summed E-state index contributed by atoms with van der Waals surface area (Å²) in [5, 5.41) is 13.2. The van der Waals surface area contributed by atoms with Gasteiger partial charge >= 0.3 is 0 Å². The zero-order valence-electron chi connectivity index (χ0n) is 11.2. The number of rotatable bonds is 5. The van der Waals surface area contributed by atoms with Crippen molar-refractivity contribution in [2.75, 3.05) is 11.1 Å². The summed E-state index contributed by atoms with van der Waals surface area (Å²) in [6, 6.07) is 8.11. The van der Waals surface area contributed by atoms with Crippen LogP contribution in [0.25, 0.3) is 0 Å². The van der Waals surface area contributed by atoms with E-state index in [4.69, 9.17) is 5.73 Å². The molecule has 1 aliphatic rings. The van der Waals surface area contributed by atoms with Gasteiger partial charge in [-0.05, 0) is 18.6 Å². The number of thioether (sulfide) groups is 1. The predicted molar refractivity (Wildman–Crippen MR) is 78.2 cm³/mol. The third kappa shape index (κ3) is 3.04. The molecule has 1 fully saturated rings. The Hall–Kier alpha value is -1.20. The van der Waals surface area contributed by atoms with Crippen LogP contribution in [0, 0.1) is 5.41 Å². The van der Waals surface area contributed by atoms with Crippen LogP contribution in [-0.2, 0) is 4.79 Å². The van der Waals surface area contributed by atoms with E-state index in [9.17, 15) is 9.90 Å². The van der Waals surface area contributed by atoms with Gasteiger partial charge in [0.25, 0.3) is 0 Å². The Morgan fingerprint density at radius 2 is 2.21 bits per heavy atom. The maximum absolute atomic E-state index is 10.9. The predicted octanol–water partition coefficient (Wildman–Crippen LogP) is 1.84. The first-order valence-corrected chi connectivity index (χ1v) is 7.34. The van der Waals surface area contributed by atoms with Crippen LogP contribution in [0.3, 0.4) is 0 Å². The van der Waals surface area contributed by atoms with Gasteiger partial charge in [0.05, 0.1) is 11.9 Å². The average molecular weight is 280 g/mol. The number of anilines is 1. The lowest BCUT2D eigenvalue weighted by Crippen LogP contribution is -2.56. The first-order valence-electron chi connectivity index (χ1n) is 6.36. The lowest BCUT2D eigenvalue weighted by atomic mass is 9.64. The number of carbonyl (C=O) groups excluding carboxylic acids is 1. The van der Waals surface area contributed by atoms with Gasteiger partial charge in [-0.15, -0.1) is 11.8 Å². The Morgan fingerprint density at radius 3 is 2.79 bits per heavy atom. The summed E-state index contributed by atoms with van der Waals surface area (Å²) in [6.45, 7) is 4.11. The summed E-state index contributed by atoms with van der Waals surface area (Å²) in [6.07, 6.45) is 0.498. The summed E-state index contributed by atoms with van der Waals surface area (Å²) in [5.74, 6) is -0.0470. The van der Waals surface area contributed by atoms with Crippen LogP contribution in [0.1, 0.15) is 20.3 Å². The Bertz CT molecular complexity index is 476. The molecule has 1 amide bonds. The number of benzene rings is 1. The molecule has 2 atom stereocenters. The largest absolute Gasteiger partial charge is 0.392 e. The van der Waals surface area contributed by atoms with Gasteiger partial charge in [-0.3, -0.25) is 4.79 Å². The van der Waals surface area contributed by atoms with E-state index in [0.29, 0.717) is 0 Å². The minimum atomic E-state index is -0.320. The lowest BCUT2D eigenvalue weighted by Gasteiger charge is -2.50. The number of aliphatic hydroxyl groups excluding tert-OH is 1. The number of para-hydroxylation sites is 1. The van der Waals surface area contributed by atoms with Crippen molar-refractivity contribution in [2.24, 2.45) is 11.1 Å². The van der Waals surface area contributed by atoms with Crippen molar-refractivity contribution in [3.8, 4) is 0 Å². The SMILES string of the molecule is CC1(C)C(O)CC1Nc1ccccc1SCC(N)=O. The highest BCUT2D eigenvalue weighted by molar-refractivity contribution is 8.00. The second-order valence-corrected chi connectivity index (χ2v) is 6.54. The Morgan fingerprint density at radius 1 is 1.53 bits per heavy atom. The molecule has 0 aromatic heterocycles. The van der Waals surface area contributed by atoms with Crippen molar-refractivity contribution in [1.29, 1.82) is 0 Å². The second kappa shape index (κ2) is 5.43. The topological polar surface area (TPSA) is 75.3 Å². The monoisotopic (exact) mass is 280 g/mol. The number of carbonyl (C=O) groups is 1. The molecule has 1 saturated carbocycles. The molecule has 0 spiro atoms. The van der Waals surface area contributed by atoms with Gasteiger partial charge in [0, 0.05) is 22.0 Å². The highest BCUT2D eigenvalue weighted by Gasteiger charge is 2.47. The molecule has 1 aromatic carbocycles. The van der Waals surface area contributed by atoms with Crippen molar-refractivity contribution >= 4 is 23.4 Å². The van der Waals surface area contributed by atoms with Gasteiger partial charge in [-0.1, -0.05) is 26.0 Å². The summed E-state index contributed by atoms with van der Waals surface area (Å²) in [7, 11) is 0. The van der Waals surface area contributed by atoms with Crippen LogP contribution >= 0.6 is 11.8 Å². The number of nitrogens with two attached hydrogens (primary N) is 1. The quantitative estimate of drug-likeness (QED) is 0.719. The zero-order chi connectivity index (χ0) is 14.0. The second-order valence-electron chi connectivity index (χ2n) is 5.52. The molecule has 1 aliphatic carbocycles. The van der Waals surface area contributed by atoms with Gasteiger partial charge in [-0.25, -0.2) is 0 Å². The number of hydrogen-bond donors (Lipinski definition) is 3. The third-order valence-electron chi connectivity index (χ3n) is 3.80. The fourth-order valence-corrected chi connectivity index (χ4v) is 2.95. The van der Waals surface area contributed by atoms with Gasteiger partial charge < -0.3 is 16.2 Å². The smallest absolute Gasteiger partial charge is 0.227 e. The molecule has 5 heteroatoms. The Kier molecular flexibility index (Phi) is 4.06. The summed E-state index contributed by atoms with van der Waals surface area (Å²) < 4.78 is 0. The van der Waals surface area contributed by atoms with Crippen molar-refractivity contribution < 1.29 is 9.90 Å². The highest BCUT2D eigenvalue weighted by Crippen LogP contribution is 2.43. The third-order valence-corrected chi connectivity index (χ3v) is 4.90. The van der Waals surface area contributed by atoms with E-state index in [1.807, 2.05) is 24.3 Å². The summed E-state index contributed by atoms with van der Waals surface area (Å²) >= 11 is 1.43. The van der Waals surface area contributed by atoms with E-state index in [1.165, 1.54) is 11.8 Å². The van der Waals surface area contributed by atoms with Crippen LogP contribution in [0.2, 0.25) is 0 Å². The molecular formula is C14H20N2O2S. The van der Waals surface area contributed by atoms with E-state index >= 15 is 0 Å². The maximum atomic E-state index is 10.9. The highest BCUT2D eigenvalue weighted by atomic mass is 32.2. The molecule has 0 saturated heterocycles. The van der Waals surface area contributed by atoms with Crippen LogP contribution in [-0.4, -0.2) is 28.9 Å². The normalized spacial score (nSPS) is 24.6. The molecule has 0 heterocycles. The number of hydrogen-bond acceptors (Lipinski definition) is 4. The van der Waals surface area contributed by atoms with Crippen molar-refractivity contribution in [3.63, 3.8) is 0 Å². The number of amides is 1. The van der Waals surface area contributed by atoms with Gasteiger partial charge in [0.15, 0.2) is 0 Å². The first kappa shape index (κ1) is 14.2. The van der Waals surface area contributed by atoms with Crippen molar-refractivity contribution in [1.82, 2.24) is 0 Å². The van der Waals surface area contributed by atoms with Crippen LogP contribution in [0.15, 0.2) is 29.2 Å². The Labute approximate surface area is 117 Å². The summed E-state index contributed by atoms with van der Waals surface area (Å²) in [5.41, 5.74) is 6.05. The summed E-state index contributed by atoms with van der Waals surface area (Å²) in [4.78, 5) is 11.9. The van der Waals surface area contributed by atoms with E-state index < -0.39 is 0 Å². The number of primary amides is 1. The average Bonchev–Trinajstić information content (AvgIpc) is 2.37. The molecule has 4 N–H and O–H groups in total. The zero-order valence-corrected chi connectivity index (χ0v) is 12.0. The molecule has 2 unspecified atom stereocenters. The van der Waals surface area contributed by atoms with E-state index in [0.717, 1.165) is 17.0 Å². The molecular weight excluding hydrogens is 260 g/mol. The van der Waals surface area contributed by atoms with Gasteiger partial charge in [0.1, 0.15) is 0 Å². The molecule has 1 aromatic rings. The standard InChI is InChI=1S/C14H20N2O2S/c1-14(2)11(7-12(14)17)16-9-5-3-4-6-10(9)19-8-13(15)18/h3-6,11-12,16-17H,7-8H2,1-2H3,(H2,15,18). The fourth-order valence-electron chi connectivity index (χ4n) is 2.20. The maximum Gasteiger partial charge on any atom is 0.227 e. The minimum Gasteiger partial charge on any atom is -0.392 e. The fraction of sp³-hybridized carbons (Fsp3) is 0.500. The van der Waals surface area contributed by atoms with E-state index in [2.05, 4.69) is 19.2 Å². The van der Waals surface area contributed by atoms with Crippen LogP contribution in [0.5, 0.6) is 0 Å². The van der Waals surface area contributed by atoms with Crippen molar-refractivity contribution in [3.05, 3.63) is 24.3 Å². The molecule has 2 rings (SSSR count). The Balaban J connectivity index is 2.06. The van der Waals surface area contributed by atoms with Gasteiger partial charge in [0.2, 0.25) is 5.91 Å². The first-order chi connectivity index (χ1) is 8.91. The molecule has 19 heavy (non-hydrogen) atoms. The lowest BCUT2D eigenvalue weighted by molar-refractivity contribution is -0.115. The minimum absolute atomic E-state index is 0.124. The van der Waals surface area contributed by atoms with E-state index in [-0.39, 0.29) is 29.2 Å². The van der Waals surface area contributed by atoms with Gasteiger partial charge in [-0.2, -0.15) is 0 Å². The van der Waals surface area contributed by atoms with Crippen LogP contribution in [0.4, 0.5) is 5.69 Å². The van der Waals surface area contributed by atoms with Crippen molar-refractivity contribution in [2.45, 2.75) is 37.3 Å².